The Morgan fingerprint density at radius 1 is 1.13 bits per heavy atom. The van der Waals surface area contributed by atoms with Crippen LogP contribution >= 0.6 is 0 Å². The van der Waals surface area contributed by atoms with E-state index in [-0.39, 0.29) is 11.4 Å². The molecule has 0 N–H and O–H groups in total. The molecule has 1 aliphatic heterocycles. The zero-order valence-electron chi connectivity index (χ0n) is 17.8. The summed E-state index contributed by atoms with van der Waals surface area (Å²) < 4.78 is 10.9. The van der Waals surface area contributed by atoms with Crippen molar-refractivity contribution < 1.29 is 14.3 Å². The second-order valence-corrected chi connectivity index (χ2v) is 9.06. The maximum absolute atomic E-state index is 12.2. The van der Waals surface area contributed by atoms with Crippen molar-refractivity contribution in [1.82, 2.24) is 4.90 Å². The van der Waals surface area contributed by atoms with Crippen molar-refractivity contribution in [3.63, 3.8) is 0 Å². The standard InChI is InChI=1S/C26H31NO3/c1-2-29-25(28)24-18-27(13-14-30-24)22-11-12-26(17-22)16-21-9-4-3-7-19(21)15-20-8-5-6-10-23(20)26/h3-10,22,24H,2,11-18H2,1H3. The lowest BCUT2D eigenvalue weighted by atomic mass is 9.73. The molecule has 3 aliphatic rings. The van der Waals surface area contributed by atoms with E-state index in [4.69, 9.17) is 9.47 Å². The van der Waals surface area contributed by atoms with Gasteiger partial charge in [0.05, 0.1) is 13.2 Å². The summed E-state index contributed by atoms with van der Waals surface area (Å²) in [6, 6.07) is 18.5. The monoisotopic (exact) mass is 405 g/mol. The van der Waals surface area contributed by atoms with Gasteiger partial charge in [0.1, 0.15) is 0 Å². The molecule has 0 bridgehead atoms. The lowest BCUT2D eigenvalue weighted by molar-refractivity contribution is -0.163. The van der Waals surface area contributed by atoms with E-state index >= 15 is 0 Å². The van der Waals surface area contributed by atoms with Gasteiger partial charge >= 0.3 is 5.97 Å². The lowest BCUT2D eigenvalue weighted by Gasteiger charge is -2.37. The van der Waals surface area contributed by atoms with Crippen LogP contribution in [0.3, 0.4) is 0 Å². The van der Waals surface area contributed by atoms with Crippen LogP contribution in [0.2, 0.25) is 0 Å². The summed E-state index contributed by atoms with van der Waals surface area (Å²) in [5, 5.41) is 0. The van der Waals surface area contributed by atoms with Crippen molar-refractivity contribution in [1.29, 1.82) is 0 Å². The highest BCUT2D eigenvalue weighted by atomic mass is 16.6. The van der Waals surface area contributed by atoms with Gasteiger partial charge < -0.3 is 9.47 Å². The maximum Gasteiger partial charge on any atom is 0.336 e. The maximum atomic E-state index is 12.2. The van der Waals surface area contributed by atoms with Crippen molar-refractivity contribution >= 4 is 5.97 Å². The smallest absolute Gasteiger partial charge is 0.336 e. The number of fused-ring (bicyclic) bond motifs is 3. The molecule has 2 aromatic carbocycles. The quantitative estimate of drug-likeness (QED) is 0.727. The fraction of sp³-hybridized carbons (Fsp3) is 0.500. The molecule has 2 aromatic rings. The minimum absolute atomic E-state index is 0.186. The molecule has 30 heavy (non-hydrogen) atoms. The van der Waals surface area contributed by atoms with Gasteiger partial charge in [-0.05, 0) is 61.3 Å². The van der Waals surface area contributed by atoms with E-state index in [0.717, 1.165) is 25.8 Å². The Labute approximate surface area is 179 Å². The molecule has 1 saturated heterocycles. The van der Waals surface area contributed by atoms with E-state index in [2.05, 4.69) is 53.4 Å². The number of carbonyl (C=O) groups excluding carboxylic acids is 1. The highest BCUT2D eigenvalue weighted by Crippen LogP contribution is 2.49. The molecule has 1 heterocycles. The Hall–Kier alpha value is -2.17. The summed E-state index contributed by atoms with van der Waals surface area (Å²) in [7, 11) is 0. The van der Waals surface area contributed by atoms with Crippen LogP contribution in [0.1, 0.15) is 48.4 Å². The lowest BCUT2D eigenvalue weighted by Crippen LogP contribution is -2.50. The number of rotatable bonds is 3. The van der Waals surface area contributed by atoms with Crippen molar-refractivity contribution in [2.45, 2.75) is 56.6 Å². The van der Waals surface area contributed by atoms with Crippen molar-refractivity contribution in [2.75, 3.05) is 26.3 Å². The van der Waals surface area contributed by atoms with E-state index in [1.807, 2.05) is 6.92 Å². The summed E-state index contributed by atoms with van der Waals surface area (Å²) in [4.78, 5) is 14.7. The molecule has 2 fully saturated rings. The highest BCUT2D eigenvalue weighted by molar-refractivity contribution is 5.75. The molecule has 1 spiro atoms. The van der Waals surface area contributed by atoms with Crippen LogP contribution in [0, 0.1) is 0 Å². The molecule has 0 radical (unpaired) electrons. The van der Waals surface area contributed by atoms with Crippen molar-refractivity contribution in [3.05, 3.63) is 70.8 Å². The molecular weight excluding hydrogens is 374 g/mol. The number of ether oxygens (including phenoxy) is 2. The molecular formula is C26H31NO3. The van der Waals surface area contributed by atoms with Gasteiger partial charge in [-0.1, -0.05) is 48.5 Å². The van der Waals surface area contributed by atoms with Crippen LogP contribution in [-0.2, 0) is 32.5 Å². The molecule has 0 amide bonds. The van der Waals surface area contributed by atoms with E-state index in [1.165, 1.54) is 29.5 Å². The number of carbonyl (C=O) groups is 1. The van der Waals surface area contributed by atoms with Gasteiger partial charge in [0.2, 0.25) is 0 Å². The first-order chi connectivity index (χ1) is 14.7. The zero-order valence-corrected chi connectivity index (χ0v) is 17.8. The number of benzene rings is 2. The van der Waals surface area contributed by atoms with Gasteiger partial charge in [-0.25, -0.2) is 4.79 Å². The third-order valence-electron chi connectivity index (χ3n) is 7.36. The average Bonchev–Trinajstić information content (AvgIpc) is 3.14. The first-order valence-electron chi connectivity index (χ1n) is 11.4. The molecule has 4 heteroatoms. The third-order valence-corrected chi connectivity index (χ3v) is 7.36. The molecule has 1 saturated carbocycles. The number of esters is 1. The van der Waals surface area contributed by atoms with E-state index < -0.39 is 6.10 Å². The van der Waals surface area contributed by atoms with Crippen LogP contribution in [-0.4, -0.2) is 49.3 Å². The number of nitrogens with zero attached hydrogens (tertiary/aromatic N) is 1. The van der Waals surface area contributed by atoms with Gasteiger partial charge in [-0.15, -0.1) is 0 Å². The Bertz CT molecular complexity index is 926. The van der Waals surface area contributed by atoms with Gasteiger partial charge in [0.25, 0.3) is 0 Å². The molecule has 4 nitrogen and oxygen atoms in total. The predicted molar refractivity (Wildman–Crippen MR) is 117 cm³/mol. The molecule has 158 valence electrons. The fourth-order valence-corrected chi connectivity index (χ4v) is 5.95. The highest BCUT2D eigenvalue weighted by Gasteiger charge is 2.45. The van der Waals surface area contributed by atoms with Crippen molar-refractivity contribution in [2.24, 2.45) is 0 Å². The van der Waals surface area contributed by atoms with Crippen molar-refractivity contribution in [3.8, 4) is 0 Å². The molecule has 2 aliphatic carbocycles. The first kappa shape index (κ1) is 19.8. The summed E-state index contributed by atoms with van der Waals surface area (Å²) in [5.74, 6) is -0.219. The Kier molecular flexibility index (Phi) is 5.38. The van der Waals surface area contributed by atoms with Gasteiger partial charge in [-0.3, -0.25) is 4.90 Å². The topological polar surface area (TPSA) is 38.8 Å². The largest absolute Gasteiger partial charge is 0.464 e. The van der Waals surface area contributed by atoms with E-state index in [0.29, 0.717) is 25.8 Å². The minimum atomic E-state index is -0.447. The number of hydrogen-bond donors (Lipinski definition) is 0. The normalized spacial score (nSPS) is 28.6. The average molecular weight is 406 g/mol. The van der Waals surface area contributed by atoms with Gasteiger partial charge in [0.15, 0.2) is 6.10 Å². The minimum Gasteiger partial charge on any atom is -0.464 e. The van der Waals surface area contributed by atoms with Crippen LogP contribution in [0.5, 0.6) is 0 Å². The zero-order chi connectivity index (χ0) is 20.6. The summed E-state index contributed by atoms with van der Waals surface area (Å²) >= 11 is 0. The second kappa shape index (κ2) is 8.16. The van der Waals surface area contributed by atoms with E-state index in [9.17, 15) is 4.79 Å². The predicted octanol–water partition coefficient (Wildman–Crippen LogP) is 3.89. The summed E-state index contributed by atoms with van der Waals surface area (Å²) in [6.45, 7) is 4.40. The van der Waals surface area contributed by atoms with Crippen LogP contribution in [0.25, 0.3) is 0 Å². The van der Waals surface area contributed by atoms with E-state index in [1.54, 1.807) is 5.56 Å². The number of hydrogen-bond acceptors (Lipinski definition) is 4. The molecule has 0 aromatic heterocycles. The summed E-state index contributed by atoms with van der Waals surface area (Å²) in [6.07, 6.45) is 5.21. The SMILES string of the molecule is CCOC(=O)C1CN(C2CCC3(Cc4ccccc4Cc4ccccc43)C2)CCO1. The Morgan fingerprint density at radius 3 is 2.73 bits per heavy atom. The molecule has 3 atom stereocenters. The molecule has 5 rings (SSSR count). The Balaban J connectivity index is 1.41. The van der Waals surface area contributed by atoms with Crippen LogP contribution < -0.4 is 0 Å². The Morgan fingerprint density at radius 2 is 1.90 bits per heavy atom. The molecule has 3 unspecified atom stereocenters. The third kappa shape index (κ3) is 3.57. The fourth-order valence-electron chi connectivity index (χ4n) is 5.95. The van der Waals surface area contributed by atoms with Gasteiger partial charge in [-0.2, -0.15) is 0 Å². The number of morpholine rings is 1. The second-order valence-electron chi connectivity index (χ2n) is 9.06. The first-order valence-corrected chi connectivity index (χ1v) is 11.4. The van der Waals surface area contributed by atoms with Crippen LogP contribution in [0.15, 0.2) is 48.5 Å². The van der Waals surface area contributed by atoms with Crippen LogP contribution in [0.4, 0.5) is 0 Å². The van der Waals surface area contributed by atoms with Gasteiger partial charge in [0, 0.05) is 24.5 Å². The summed E-state index contributed by atoms with van der Waals surface area (Å²) in [5.41, 5.74) is 6.18.